The van der Waals surface area contributed by atoms with Crippen molar-refractivity contribution < 1.29 is 18.4 Å². The molecule has 1 aromatic heterocycles. The molecule has 6 nitrogen and oxygen atoms in total. The minimum absolute atomic E-state index is 0. The molecule has 0 unspecified atom stereocenters. The van der Waals surface area contributed by atoms with Crippen molar-refractivity contribution in [2.24, 2.45) is 0 Å². The van der Waals surface area contributed by atoms with Crippen LogP contribution in [0.15, 0.2) is 28.8 Å². The van der Waals surface area contributed by atoms with E-state index in [2.05, 4.69) is 15.5 Å². The van der Waals surface area contributed by atoms with Gasteiger partial charge in [0.1, 0.15) is 17.7 Å². The van der Waals surface area contributed by atoms with Crippen molar-refractivity contribution in [1.82, 2.24) is 15.5 Å². The Hall–Kier alpha value is -1.70. The van der Waals surface area contributed by atoms with Crippen LogP contribution in [-0.2, 0) is 11.3 Å². The number of hydrogen-bond acceptors (Lipinski definition) is 6. The molecule has 0 bridgehead atoms. The normalized spacial score (nSPS) is 18.0. The van der Waals surface area contributed by atoms with Gasteiger partial charge in [0.15, 0.2) is 6.61 Å². The molecule has 114 valence electrons. The van der Waals surface area contributed by atoms with Gasteiger partial charge < -0.3 is 19.3 Å². The number of ether oxygens (including phenoxy) is 2. The van der Waals surface area contributed by atoms with E-state index in [4.69, 9.17) is 14.0 Å². The highest BCUT2D eigenvalue weighted by Gasteiger charge is 2.22. The Labute approximate surface area is 127 Å². The summed E-state index contributed by atoms with van der Waals surface area (Å²) in [5.74, 6) is 1.11. The van der Waals surface area contributed by atoms with Crippen molar-refractivity contribution in [1.29, 1.82) is 0 Å². The van der Waals surface area contributed by atoms with Gasteiger partial charge in [0.25, 0.3) is 5.89 Å². The van der Waals surface area contributed by atoms with Gasteiger partial charge in [0.05, 0.1) is 6.61 Å². The number of halogens is 2. The van der Waals surface area contributed by atoms with E-state index >= 15 is 0 Å². The molecule has 1 aliphatic heterocycles. The summed E-state index contributed by atoms with van der Waals surface area (Å²) in [7, 11) is 0. The first kappa shape index (κ1) is 15.7. The van der Waals surface area contributed by atoms with E-state index in [0.717, 1.165) is 6.54 Å². The lowest BCUT2D eigenvalue weighted by molar-refractivity contribution is 0.00755. The highest BCUT2D eigenvalue weighted by molar-refractivity contribution is 5.85. The minimum atomic E-state index is -0.304. The van der Waals surface area contributed by atoms with Crippen LogP contribution in [0, 0.1) is 5.82 Å². The van der Waals surface area contributed by atoms with E-state index in [0.29, 0.717) is 30.6 Å². The van der Waals surface area contributed by atoms with Crippen LogP contribution in [0.1, 0.15) is 17.8 Å². The third-order valence-corrected chi connectivity index (χ3v) is 2.87. The van der Waals surface area contributed by atoms with Gasteiger partial charge >= 0.3 is 0 Å². The molecule has 1 aromatic carbocycles. The van der Waals surface area contributed by atoms with E-state index in [1.807, 2.05) is 0 Å². The van der Waals surface area contributed by atoms with Crippen LogP contribution in [0.2, 0.25) is 0 Å². The van der Waals surface area contributed by atoms with Crippen LogP contribution in [0.3, 0.4) is 0 Å². The number of nitrogens with zero attached hydrogens (tertiary/aromatic N) is 2. The molecule has 0 radical (unpaired) electrons. The molecule has 0 saturated carbocycles. The Morgan fingerprint density at radius 3 is 2.86 bits per heavy atom. The Balaban J connectivity index is 0.00000161. The second-order valence-electron chi connectivity index (χ2n) is 4.35. The maximum absolute atomic E-state index is 12.7. The predicted octanol–water partition coefficient (Wildman–Crippen LogP) is 1.87. The summed E-state index contributed by atoms with van der Waals surface area (Å²) in [6, 6.07) is 5.76. The quantitative estimate of drug-likeness (QED) is 0.929. The van der Waals surface area contributed by atoms with Crippen molar-refractivity contribution in [2.75, 3.05) is 19.7 Å². The van der Waals surface area contributed by atoms with Crippen LogP contribution in [-0.4, -0.2) is 29.8 Å². The summed E-state index contributed by atoms with van der Waals surface area (Å²) in [5.41, 5.74) is 0. The first-order chi connectivity index (χ1) is 9.81. The highest BCUT2D eigenvalue weighted by Crippen LogP contribution is 2.17. The first-order valence-corrected chi connectivity index (χ1v) is 6.34. The largest absolute Gasteiger partial charge is 0.485 e. The van der Waals surface area contributed by atoms with Gasteiger partial charge in [-0.25, -0.2) is 4.39 Å². The Morgan fingerprint density at radius 2 is 2.14 bits per heavy atom. The monoisotopic (exact) mass is 315 g/mol. The third-order valence-electron chi connectivity index (χ3n) is 2.87. The van der Waals surface area contributed by atoms with Gasteiger partial charge in [0.2, 0.25) is 5.82 Å². The van der Waals surface area contributed by atoms with E-state index in [1.165, 1.54) is 12.1 Å². The average molecular weight is 316 g/mol. The molecule has 0 spiro atoms. The maximum Gasteiger partial charge on any atom is 0.257 e. The summed E-state index contributed by atoms with van der Waals surface area (Å²) in [5, 5.41) is 7.02. The van der Waals surface area contributed by atoms with Gasteiger partial charge in [0, 0.05) is 13.1 Å². The van der Waals surface area contributed by atoms with Crippen molar-refractivity contribution in [2.45, 2.75) is 12.7 Å². The lowest BCUT2D eigenvalue weighted by Gasteiger charge is -2.19. The van der Waals surface area contributed by atoms with Crippen molar-refractivity contribution in [3.63, 3.8) is 0 Å². The molecule has 1 atom stereocenters. The molecule has 1 saturated heterocycles. The van der Waals surface area contributed by atoms with Gasteiger partial charge in [-0.1, -0.05) is 5.16 Å². The molecule has 3 rings (SSSR count). The van der Waals surface area contributed by atoms with Crippen LogP contribution >= 0.6 is 12.4 Å². The van der Waals surface area contributed by atoms with E-state index in [1.54, 1.807) is 12.1 Å². The van der Waals surface area contributed by atoms with Gasteiger partial charge in [-0.15, -0.1) is 12.4 Å². The van der Waals surface area contributed by atoms with Crippen molar-refractivity contribution in [3.05, 3.63) is 41.8 Å². The Bertz CT molecular complexity index is 558. The summed E-state index contributed by atoms with van der Waals surface area (Å²) >= 11 is 0. The molecule has 2 aromatic rings. The van der Waals surface area contributed by atoms with Crippen LogP contribution in [0.5, 0.6) is 5.75 Å². The molecular formula is C13H15ClFN3O3. The number of nitrogens with one attached hydrogen (secondary N) is 1. The Kier molecular flexibility index (Phi) is 5.49. The van der Waals surface area contributed by atoms with Crippen molar-refractivity contribution in [3.8, 4) is 5.75 Å². The fourth-order valence-corrected chi connectivity index (χ4v) is 1.86. The van der Waals surface area contributed by atoms with Crippen LogP contribution in [0.25, 0.3) is 0 Å². The predicted molar refractivity (Wildman–Crippen MR) is 73.8 cm³/mol. The fraction of sp³-hybridized carbons (Fsp3) is 0.385. The molecule has 1 aliphatic rings. The number of rotatable bonds is 4. The number of aromatic nitrogens is 2. The summed E-state index contributed by atoms with van der Waals surface area (Å²) in [6.07, 6.45) is -0.212. The Morgan fingerprint density at radius 1 is 1.33 bits per heavy atom. The topological polar surface area (TPSA) is 69.4 Å². The van der Waals surface area contributed by atoms with Crippen LogP contribution in [0.4, 0.5) is 4.39 Å². The molecular weight excluding hydrogens is 301 g/mol. The zero-order chi connectivity index (χ0) is 13.8. The van der Waals surface area contributed by atoms with Gasteiger partial charge in [-0.05, 0) is 24.3 Å². The highest BCUT2D eigenvalue weighted by atomic mass is 35.5. The molecule has 8 heteroatoms. The zero-order valence-electron chi connectivity index (χ0n) is 11.1. The van der Waals surface area contributed by atoms with Crippen molar-refractivity contribution >= 4 is 12.4 Å². The third kappa shape index (κ3) is 4.13. The van der Waals surface area contributed by atoms with Gasteiger partial charge in [-0.2, -0.15) is 4.98 Å². The minimum Gasteiger partial charge on any atom is -0.485 e. The standard InChI is InChI=1S/C13H14FN3O3.ClH/c14-9-1-3-10(4-2-9)19-8-12-16-13(20-17-12)11-7-15-5-6-18-11;/h1-4,11,15H,5-8H2;1H/t11-;/m0./s1. The molecule has 0 aliphatic carbocycles. The smallest absolute Gasteiger partial charge is 0.257 e. The summed E-state index contributed by atoms with van der Waals surface area (Å²) in [6.45, 7) is 2.26. The molecule has 1 N–H and O–H groups in total. The molecule has 21 heavy (non-hydrogen) atoms. The second kappa shape index (κ2) is 7.35. The van der Waals surface area contributed by atoms with Crippen LogP contribution < -0.4 is 10.1 Å². The summed E-state index contributed by atoms with van der Waals surface area (Å²) < 4.78 is 28.8. The zero-order valence-corrected chi connectivity index (χ0v) is 11.9. The lowest BCUT2D eigenvalue weighted by atomic mass is 10.3. The second-order valence-corrected chi connectivity index (χ2v) is 4.35. The molecule has 0 amide bonds. The average Bonchev–Trinajstić information content (AvgIpc) is 2.97. The first-order valence-electron chi connectivity index (χ1n) is 6.34. The van der Waals surface area contributed by atoms with E-state index in [9.17, 15) is 4.39 Å². The number of morpholine rings is 1. The number of benzene rings is 1. The number of hydrogen-bond donors (Lipinski definition) is 1. The molecule has 1 fully saturated rings. The fourth-order valence-electron chi connectivity index (χ4n) is 1.86. The summed E-state index contributed by atoms with van der Waals surface area (Å²) in [4.78, 5) is 4.22. The SMILES string of the molecule is Cl.Fc1ccc(OCc2noc([C@@H]3CNCCO3)n2)cc1. The van der Waals surface area contributed by atoms with E-state index in [-0.39, 0.29) is 30.9 Å². The maximum atomic E-state index is 12.7. The van der Waals surface area contributed by atoms with E-state index < -0.39 is 0 Å². The molecule has 2 heterocycles. The van der Waals surface area contributed by atoms with Gasteiger partial charge in [-0.3, -0.25) is 0 Å². The lowest BCUT2D eigenvalue weighted by Crippen LogP contribution is -2.33.